The second-order valence-corrected chi connectivity index (χ2v) is 7.48. The van der Waals surface area contributed by atoms with Gasteiger partial charge >= 0.3 is 0 Å². The van der Waals surface area contributed by atoms with Crippen molar-refractivity contribution in [1.82, 2.24) is 9.88 Å². The van der Waals surface area contributed by atoms with Crippen LogP contribution in [0.15, 0.2) is 64.2 Å². The molecule has 0 radical (unpaired) electrons. The SMILES string of the molecule is CCN(CC)C(=S)CSc1nc(-c2ccccc2)cc(-c2ccco2)c1C#N. The number of rotatable bonds is 7. The third-order valence-corrected chi connectivity index (χ3v) is 5.97. The molecular weight excluding hydrogens is 386 g/mol. The summed E-state index contributed by atoms with van der Waals surface area (Å²) in [6.07, 6.45) is 1.61. The Balaban J connectivity index is 2.03. The largest absolute Gasteiger partial charge is 0.464 e. The van der Waals surface area contributed by atoms with Gasteiger partial charge in [-0.2, -0.15) is 5.26 Å². The van der Waals surface area contributed by atoms with Gasteiger partial charge in [-0.05, 0) is 32.0 Å². The molecule has 0 aliphatic carbocycles. The monoisotopic (exact) mass is 407 g/mol. The number of hydrogen-bond acceptors (Lipinski definition) is 5. The molecule has 0 aliphatic rings. The summed E-state index contributed by atoms with van der Waals surface area (Å²) in [5.74, 6) is 1.26. The molecule has 28 heavy (non-hydrogen) atoms. The minimum Gasteiger partial charge on any atom is -0.464 e. The highest BCUT2D eigenvalue weighted by atomic mass is 32.2. The van der Waals surface area contributed by atoms with Gasteiger partial charge in [0.15, 0.2) is 0 Å². The average molecular weight is 408 g/mol. The molecule has 2 heterocycles. The molecule has 1 aromatic carbocycles. The number of nitrogens with zero attached hydrogens (tertiary/aromatic N) is 3. The van der Waals surface area contributed by atoms with Gasteiger partial charge in [-0.15, -0.1) is 0 Å². The first-order chi connectivity index (χ1) is 13.7. The maximum absolute atomic E-state index is 9.84. The highest BCUT2D eigenvalue weighted by Gasteiger charge is 2.18. The predicted octanol–water partition coefficient (Wildman–Crippen LogP) is 5.64. The van der Waals surface area contributed by atoms with E-state index in [0.717, 1.165) is 34.9 Å². The molecule has 2 aromatic heterocycles. The first kappa shape index (κ1) is 20.1. The van der Waals surface area contributed by atoms with Crippen LogP contribution in [-0.4, -0.2) is 33.7 Å². The Kier molecular flexibility index (Phi) is 6.85. The number of thioether (sulfide) groups is 1. The summed E-state index contributed by atoms with van der Waals surface area (Å²) in [5.41, 5.74) is 3.06. The summed E-state index contributed by atoms with van der Waals surface area (Å²) in [6, 6.07) is 17.9. The topological polar surface area (TPSA) is 53.1 Å². The zero-order chi connectivity index (χ0) is 19.9. The lowest BCUT2D eigenvalue weighted by Gasteiger charge is -2.21. The molecule has 0 fully saturated rings. The van der Waals surface area contributed by atoms with E-state index in [2.05, 4.69) is 24.8 Å². The maximum Gasteiger partial charge on any atom is 0.135 e. The van der Waals surface area contributed by atoms with Crippen molar-refractivity contribution in [3.8, 4) is 28.7 Å². The zero-order valence-electron chi connectivity index (χ0n) is 15.9. The van der Waals surface area contributed by atoms with Crippen LogP contribution in [0, 0.1) is 11.3 Å². The van der Waals surface area contributed by atoms with Crippen molar-refractivity contribution in [3.05, 3.63) is 60.4 Å². The fraction of sp³-hybridized carbons (Fsp3) is 0.227. The second-order valence-electron chi connectivity index (χ2n) is 6.05. The lowest BCUT2D eigenvalue weighted by molar-refractivity contribution is 0.472. The van der Waals surface area contributed by atoms with Gasteiger partial charge < -0.3 is 9.32 Å². The summed E-state index contributed by atoms with van der Waals surface area (Å²) < 4.78 is 5.58. The molecule has 0 saturated carbocycles. The Morgan fingerprint density at radius 2 is 1.93 bits per heavy atom. The van der Waals surface area contributed by atoms with E-state index in [1.165, 1.54) is 11.8 Å². The zero-order valence-corrected chi connectivity index (χ0v) is 17.5. The highest BCUT2D eigenvalue weighted by molar-refractivity contribution is 8.01. The molecule has 142 valence electrons. The average Bonchev–Trinajstić information content (AvgIpc) is 3.27. The summed E-state index contributed by atoms with van der Waals surface area (Å²) in [6.45, 7) is 5.92. The summed E-state index contributed by atoms with van der Waals surface area (Å²) in [7, 11) is 0. The van der Waals surface area contributed by atoms with Crippen molar-refractivity contribution in [2.24, 2.45) is 0 Å². The van der Waals surface area contributed by atoms with E-state index in [1.54, 1.807) is 6.26 Å². The van der Waals surface area contributed by atoms with Crippen LogP contribution in [0.5, 0.6) is 0 Å². The Morgan fingerprint density at radius 3 is 2.54 bits per heavy atom. The minimum atomic E-state index is 0.516. The molecule has 0 bridgehead atoms. The van der Waals surface area contributed by atoms with Gasteiger partial charge in [0.2, 0.25) is 0 Å². The Morgan fingerprint density at radius 1 is 1.18 bits per heavy atom. The number of pyridine rings is 1. The van der Waals surface area contributed by atoms with E-state index in [9.17, 15) is 5.26 Å². The van der Waals surface area contributed by atoms with Crippen LogP contribution in [0.3, 0.4) is 0 Å². The number of hydrogen-bond donors (Lipinski definition) is 0. The van der Waals surface area contributed by atoms with Gasteiger partial charge in [0, 0.05) is 24.2 Å². The molecule has 0 aliphatic heterocycles. The van der Waals surface area contributed by atoms with E-state index >= 15 is 0 Å². The van der Waals surface area contributed by atoms with Crippen molar-refractivity contribution in [2.75, 3.05) is 18.8 Å². The van der Waals surface area contributed by atoms with Gasteiger partial charge in [-0.1, -0.05) is 54.3 Å². The summed E-state index contributed by atoms with van der Waals surface area (Å²) in [5, 5.41) is 10.5. The van der Waals surface area contributed by atoms with Crippen LogP contribution in [0.4, 0.5) is 0 Å². The van der Waals surface area contributed by atoms with E-state index in [4.69, 9.17) is 21.6 Å². The van der Waals surface area contributed by atoms with Gasteiger partial charge in [-0.3, -0.25) is 0 Å². The van der Waals surface area contributed by atoms with Crippen LogP contribution in [0.1, 0.15) is 19.4 Å². The summed E-state index contributed by atoms with van der Waals surface area (Å²) in [4.78, 5) is 7.80. The first-order valence-electron chi connectivity index (χ1n) is 9.12. The van der Waals surface area contributed by atoms with Crippen LogP contribution >= 0.6 is 24.0 Å². The predicted molar refractivity (Wildman–Crippen MR) is 118 cm³/mol. The van der Waals surface area contributed by atoms with E-state index in [1.807, 2.05) is 48.5 Å². The highest BCUT2D eigenvalue weighted by Crippen LogP contribution is 2.34. The fourth-order valence-corrected chi connectivity index (χ4v) is 4.26. The Bertz CT molecular complexity index is 975. The second kappa shape index (κ2) is 9.54. The molecule has 0 saturated heterocycles. The first-order valence-corrected chi connectivity index (χ1v) is 10.5. The Hall–Kier alpha value is -2.62. The van der Waals surface area contributed by atoms with Crippen LogP contribution in [0.25, 0.3) is 22.6 Å². The van der Waals surface area contributed by atoms with Crippen LogP contribution in [0.2, 0.25) is 0 Å². The lowest BCUT2D eigenvalue weighted by Crippen LogP contribution is -2.30. The molecule has 0 atom stereocenters. The number of thiocarbonyl (C=S) groups is 1. The van der Waals surface area contributed by atoms with Crippen molar-refractivity contribution >= 4 is 29.0 Å². The van der Waals surface area contributed by atoms with Crippen molar-refractivity contribution < 1.29 is 4.42 Å². The molecule has 0 unspecified atom stereocenters. The van der Waals surface area contributed by atoms with Crippen LogP contribution in [-0.2, 0) is 0 Å². The summed E-state index contributed by atoms with van der Waals surface area (Å²) >= 11 is 7.07. The van der Waals surface area contributed by atoms with Gasteiger partial charge in [0.05, 0.1) is 28.3 Å². The van der Waals surface area contributed by atoms with Crippen molar-refractivity contribution in [1.29, 1.82) is 5.26 Å². The van der Waals surface area contributed by atoms with Crippen molar-refractivity contribution in [3.63, 3.8) is 0 Å². The number of benzene rings is 1. The molecule has 3 rings (SSSR count). The molecule has 6 heteroatoms. The Labute approximate surface area is 175 Å². The molecule has 0 spiro atoms. The number of aromatic nitrogens is 1. The van der Waals surface area contributed by atoms with Crippen molar-refractivity contribution in [2.45, 2.75) is 18.9 Å². The smallest absolute Gasteiger partial charge is 0.135 e. The number of nitriles is 1. The lowest BCUT2D eigenvalue weighted by atomic mass is 10.0. The third kappa shape index (κ3) is 4.44. The normalized spacial score (nSPS) is 10.5. The van der Waals surface area contributed by atoms with Crippen LogP contribution < -0.4 is 0 Å². The fourth-order valence-electron chi connectivity index (χ4n) is 2.91. The number of furan rings is 1. The van der Waals surface area contributed by atoms with E-state index in [-0.39, 0.29) is 0 Å². The van der Waals surface area contributed by atoms with Gasteiger partial charge in [-0.25, -0.2) is 4.98 Å². The maximum atomic E-state index is 9.84. The standard InChI is InChI=1S/C22H21N3OS2/c1-3-25(4-2)21(27)15-28-22-18(14-23)17(20-11-8-12-26-20)13-19(24-22)16-9-6-5-7-10-16/h5-13H,3-4,15H2,1-2H3. The molecule has 0 amide bonds. The van der Waals surface area contributed by atoms with Gasteiger partial charge in [0.1, 0.15) is 16.9 Å². The van der Waals surface area contributed by atoms with E-state index in [0.29, 0.717) is 22.1 Å². The molecular formula is C22H21N3OS2. The molecule has 4 nitrogen and oxygen atoms in total. The van der Waals surface area contributed by atoms with E-state index < -0.39 is 0 Å². The quantitative estimate of drug-likeness (QED) is 0.373. The van der Waals surface area contributed by atoms with Gasteiger partial charge in [0.25, 0.3) is 0 Å². The molecule has 0 N–H and O–H groups in total. The third-order valence-electron chi connectivity index (χ3n) is 4.40. The minimum absolute atomic E-state index is 0.516. The molecule has 3 aromatic rings.